The van der Waals surface area contributed by atoms with Gasteiger partial charge in [-0.1, -0.05) is 32.8 Å². The number of hydrogen-bond acceptors (Lipinski definition) is 2. The quantitative estimate of drug-likeness (QED) is 0.695. The van der Waals surface area contributed by atoms with E-state index in [0.717, 1.165) is 47.8 Å². The molecule has 0 bridgehead atoms. The molecular formula is C18H23NO. The Bertz CT molecular complexity index is 603. The summed E-state index contributed by atoms with van der Waals surface area (Å²) >= 11 is 0. The van der Waals surface area contributed by atoms with Crippen molar-refractivity contribution in [1.82, 2.24) is 4.98 Å². The highest BCUT2D eigenvalue weighted by molar-refractivity contribution is 6.00. The van der Waals surface area contributed by atoms with Gasteiger partial charge in [-0.2, -0.15) is 0 Å². The molecule has 0 N–H and O–H groups in total. The van der Waals surface area contributed by atoms with Gasteiger partial charge in [0.25, 0.3) is 0 Å². The molecule has 0 aliphatic rings. The topological polar surface area (TPSA) is 30.0 Å². The second-order valence-electron chi connectivity index (χ2n) is 5.47. The van der Waals surface area contributed by atoms with Gasteiger partial charge in [-0.15, -0.1) is 0 Å². The summed E-state index contributed by atoms with van der Waals surface area (Å²) in [6, 6.07) is 9.90. The zero-order valence-corrected chi connectivity index (χ0v) is 12.6. The summed E-state index contributed by atoms with van der Waals surface area (Å²) in [7, 11) is 0. The molecule has 0 aliphatic heterocycles. The molecule has 0 amide bonds. The van der Waals surface area contributed by atoms with E-state index in [9.17, 15) is 4.79 Å². The molecule has 0 aliphatic carbocycles. The summed E-state index contributed by atoms with van der Waals surface area (Å²) in [4.78, 5) is 17.1. The molecule has 2 rings (SSSR count). The van der Waals surface area contributed by atoms with E-state index in [-0.39, 0.29) is 11.7 Å². The number of carbonyl (C=O) groups is 1. The second kappa shape index (κ2) is 6.65. The molecule has 1 aromatic carbocycles. The lowest BCUT2D eigenvalue weighted by atomic mass is 9.90. The number of hydrogen-bond donors (Lipinski definition) is 0. The second-order valence-corrected chi connectivity index (χ2v) is 5.47. The first kappa shape index (κ1) is 14.7. The lowest BCUT2D eigenvalue weighted by Gasteiger charge is -2.13. The van der Waals surface area contributed by atoms with Crippen LogP contribution in [0.5, 0.6) is 0 Å². The molecular weight excluding hydrogens is 246 g/mol. The van der Waals surface area contributed by atoms with E-state index in [4.69, 9.17) is 0 Å². The number of rotatable bonds is 6. The Morgan fingerprint density at radius 2 is 2.00 bits per heavy atom. The molecule has 2 nitrogen and oxygen atoms in total. The highest BCUT2D eigenvalue weighted by Crippen LogP contribution is 2.21. The minimum Gasteiger partial charge on any atom is -0.294 e. The zero-order chi connectivity index (χ0) is 14.5. The fourth-order valence-corrected chi connectivity index (χ4v) is 2.59. The summed E-state index contributed by atoms with van der Waals surface area (Å²) in [6.45, 7) is 6.25. The molecule has 0 fully saturated rings. The van der Waals surface area contributed by atoms with Crippen LogP contribution in [0.15, 0.2) is 30.3 Å². The molecule has 2 aromatic rings. The van der Waals surface area contributed by atoms with Gasteiger partial charge in [0.2, 0.25) is 0 Å². The maximum absolute atomic E-state index is 12.6. The molecule has 1 unspecified atom stereocenters. The van der Waals surface area contributed by atoms with E-state index >= 15 is 0 Å². The molecule has 1 atom stereocenters. The Kier molecular flexibility index (Phi) is 4.89. The number of Topliss-reactive ketones (excluding diaryl/α,β-unsaturated/α-hetero) is 1. The van der Waals surface area contributed by atoms with E-state index in [1.807, 2.05) is 37.3 Å². The van der Waals surface area contributed by atoms with Crippen LogP contribution in [-0.4, -0.2) is 10.8 Å². The Hall–Kier alpha value is -1.70. The number of aryl methyl sites for hydroxylation is 1. The number of pyridine rings is 1. The summed E-state index contributed by atoms with van der Waals surface area (Å²) < 4.78 is 0. The van der Waals surface area contributed by atoms with Crippen LogP contribution < -0.4 is 0 Å². The summed E-state index contributed by atoms with van der Waals surface area (Å²) in [6.07, 6.45) is 4.18. The van der Waals surface area contributed by atoms with Crippen molar-refractivity contribution in [2.45, 2.75) is 46.5 Å². The minimum atomic E-state index is 0.158. The lowest BCUT2D eigenvalue weighted by Crippen LogP contribution is -2.14. The fraction of sp³-hybridized carbons (Fsp3) is 0.444. The third-order valence-electron chi connectivity index (χ3n) is 3.88. The third-order valence-corrected chi connectivity index (χ3v) is 3.88. The van der Waals surface area contributed by atoms with Gasteiger partial charge in [0, 0.05) is 22.6 Å². The van der Waals surface area contributed by atoms with Crippen molar-refractivity contribution in [2.24, 2.45) is 5.92 Å². The minimum absolute atomic E-state index is 0.158. The van der Waals surface area contributed by atoms with Gasteiger partial charge in [-0.25, -0.2) is 0 Å². The Balaban J connectivity index is 2.27. The van der Waals surface area contributed by atoms with Gasteiger partial charge in [0.1, 0.15) is 0 Å². The maximum Gasteiger partial charge on any atom is 0.165 e. The van der Waals surface area contributed by atoms with Crippen molar-refractivity contribution in [3.63, 3.8) is 0 Å². The molecule has 2 heteroatoms. The van der Waals surface area contributed by atoms with Crippen LogP contribution in [0, 0.1) is 12.8 Å². The van der Waals surface area contributed by atoms with Gasteiger partial charge < -0.3 is 0 Å². The number of aromatic nitrogens is 1. The molecule has 1 heterocycles. The van der Waals surface area contributed by atoms with Crippen LogP contribution in [0.4, 0.5) is 0 Å². The lowest BCUT2D eigenvalue weighted by molar-refractivity contribution is 0.0908. The van der Waals surface area contributed by atoms with Crippen molar-refractivity contribution < 1.29 is 4.79 Å². The highest BCUT2D eigenvalue weighted by Gasteiger charge is 2.18. The van der Waals surface area contributed by atoms with E-state index in [0.29, 0.717) is 0 Å². The normalized spacial score (nSPS) is 12.6. The average molecular weight is 269 g/mol. The van der Waals surface area contributed by atoms with Crippen LogP contribution in [0.1, 0.15) is 55.6 Å². The third kappa shape index (κ3) is 3.24. The standard InChI is InChI=1S/C18H23NO/c1-4-6-7-14(5-2)18(20)16-10-11-17-15(12-16)9-8-13(3)19-17/h8-12,14H,4-7H2,1-3H3. The summed E-state index contributed by atoms with van der Waals surface area (Å²) in [5.74, 6) is 0.439. The monoisotopic (exact) mass is 269 g/mol. The number of ketones is 1. The van der Waals surface area contributed by atoms with Crippen molar-refractivity contribution in [1.29, 1.82) is 0 Å². The van der Waals surface area contributed by atoms with Gasteiger partial charge in [-0.3, -0.25) is 9.78 Å². The largest absolute Gasteiger partial charge is 0.294 e. The van der Waals surface area contributed by atoms with Gasteiger partial charge in [-0.05, 0) is 44.0 Å². The van der Waals surface area contributed by atoms with E-state index in [1.54, 1.807) is 0 Å². The summed E-state index contributed by atoms with van der Waals surface area (Å²) in [5, 5.41) is 1.05. The SMILES string of the molecule is CCCCC(CC)C(=O)c1ccc2nc(C)ccc2c1. The van der Waals surface area contributed by atoms with Gasteiger partial charge >= 0.3 is 0 Å². The predicted octanol–water partition coefficient (Wildman–Crippen LogP) is 4.94. The van der Waals surface area contributed by atoms with Crippen LogP contribution in [0.25, 0.3) is 10.9 Å². The van der Waals surface area contributed by atoms with Crippen LogP contribution >= 0.6 is 0 Å². The van der Waals surface area contributed by atoms with Crippen LogP contribution in [-0.2, 0) is 0 Å². The molecule has 1 aromatic heterocycles. The van der Waals surface area contributed by atoms with Crippen LogP contribution in [0.3, 0.4) is 0 Å². The first-order valence-electron chi connectivity index (χ1n) is 7.57. The van der Waals surface area contributed by atoms with Crippen molar-refractivity contribution in [3.8, 4) is 0 Å². The Morgan fingerprint density at radius 3 is 2.70 bits per heavy atom. The number of fused-ring (bicyclic) bond motifs is 1. The first-order chi connectivity index (χ1) is 9.65. The van der Waals surface area contributed by atoms with E-state index < -0.39 is 0 Å². The Labute approximate surface area is 121 Å². The zero-order valence-electron chi connectivity index (χ0n) is 12.6. The number of unbranched alkanes of at least 4 members (excludes halogenated alkanes) is 1. The van der Waals surface area contributed by atoms with Crippen molar-refractivity contribution in [3.05, 3.63) is 41.6 Å². The smallest absolute Gasteiger partial charge is 0.165 e. The number of carbonyl (C=O) groups excluding carboxylic acids is 1. The molecule has 20 heavy (non-hydrogen) atoms. The number of benzene rings is 1. The van der Waals surface area contributed by atoms with Crippen LogP contribution in [0.2, 0.25) is 0 Å². The van der Waals surface area contributed by atoms with Gasteiger partial charge in [0.05, 0.1) is 5.52 Å². The summed E-state index contributed by atoms with van der Waals surface area (Å²) in [5.41, 5.74) is 2.79. The highest BCUT2D eigenvalue weighted by atomic mass is 16.1. The molecule has 0 saturated heterocycles. The Morgan fingerprint density at radius 1 is 1.20 bits per heavy atom. The fourth-order valence-electron chi connectivity index (χ4n) is 2.59. The average Bonchev–Trinajstić information content (AvgIpc) is 2.47. The van der Waals surface area contributed by atoms with E-state index in [2.05, 4.69) is 18.8 Å². The first-order valence-corrected chi connectivity index (χ1v) is 7.57. The van der Waals surface area contributed by atoms with Gasteiger partial charge in [0.15, 0.2) is 5.78 Å². The van der Waals surface area contributed by atoms with Crippen molar-refractivity contribution >= 4 is 16.7 Å². The molecule has 0 radical (unpaired) electrons. The van der Waals surface area contributed by atoms with E-state index in [1.165, 1.54) is 0 Å². The molecule has 0 saturated carbocycles. The predicted molar refractivity (Wildman–Crippen MR) is 84.1 cm³/mol. The molecule has 106 valence electrons. The maximum atomic E-state index is 12.6. The molecule has 0 spiro atoms. The number of nitrogens with zero attached hydrogens (tertiary/aromatic N) is 1. The van der Waals surface area contributed by atoms with Crippen molar-refractivity contribution in [2.75, 3.05) is 0 Å².